The molecule has 3 N–H and O–H groups in total. The topological polar surface area (TPSA) is 70.0 Å². The van der Waals surface area contributed by atoms with E-state index in [1.807, 2.05) is 6.07 Å². The Bertz CT molecular complexity index is 384. The van der Waals surface area contributed by atoms with Crippen molar-refractivity contribution in [3.63, 3.8) is 0 Å². The van der Waals surface area contributed by atoms with Crippen LogP contribution >= 0.6 is 15.9 Å². The molecule has 0 unspecified atom stereocenters. The number of nitriles is 1. The van der Waals surface area contributed by atoms with E-state index in [1.54, 1.807) is 19.1 Å². The fraction of sp³-hybridized carbons (Fsp3) is 0.300. The standard InChI is InChI=1S/C10H11BrN2O/c1-6-4-7(11)5-8(10(6)14)9(13)2-3-12/h4-5,9,14H,2,13H2,1H3/t9-/m0/s1. The summed E-state index contributed by atoms with van der Waals surface area (Å²) in [6, 6.07) is 5.09. The van der Waals surface area contributed by atoms with Crippen LogP contribution in [0.1, 0.15) is 23.6 Å². The summed E-state index contributed by atoms with van der Waals surface area (Å²) >= 11 is 3.32. The Morgan fingerprint density at radius 3 is 2.86 bits per heavy atom. The van der Waals surface area contributed by atoms with Crippen molar-refractivity contribution in [2.45, 2.75) is 19.4 Å². The van der Waals surface area contributed by atoms with Gasteiger partial charge in [0.1, 0.15) is 5.75 Å². The highest BCUT2D eigenvalue weighted by Crippen LogP contribution is 2.31. The lowest BCUT2D eigenvalue weighted by molar-refractivity contribution is 0.457. The van der Waals surface area contributed by atoms with Gasteiger partial charge >= 0.3 is 0 Å². The van der Waals surface area contributed by atoms with Crippen LogP contribution in [0.5, 0.6) is 5.75 Å². The lowest BCUT2D eigenvalue weighted by Gasteiger charge is -2.12. The van der Waals surface area contributed by atoms with Crippen molar-refractivity contribution in [1.29, 1.82) is 5.26 Å². The van der Waals surface area contributed by atoms with Gasteiger partial charge in [-0.2, -0.15) is 5.26 Å². The van der Waals surface area contributed by atoms with E-state index in [-0.39, 0.29) is 12.2 Å². The smallest absolute Gasteiger partial charge is 0.123 e. The molecule has 74 valence electrons. The van der Waals surface area contributed by atoms with Gasteiger partial charge < -0.3 is 10.8 Å². The maximum absolute atomic E-state index is 9.71. The molecule has 14 heavy (non-hydrogen) atoms. The molecule has 0 saturated carbocycles. The first-order chi connectivity index (χ1) is 6.56. The number of hydrogen-bond donors (Lipinski definition) is 2. The van der Waals surface area contributed by atoms with E-state index in [2.05, 4.69) is 15.9 Å². The van der Waals surface area contributed by atoms with Crippen LogP contribution in [-0.4, -0.2) is 5.11 Å². The average molecular weight is 255 g/mol. The summed E-state index contributed by atoms with van der Waals surface area (Å²) in [6.07, 6.45) is 0.198. The Morgan fingerprint density at radius 1 is 1.64 bits per heavy atom. The summed E-state index contributed by atoms with van der Waals surface area (Å²) < 4.78 is 0.858. The number of phenols is 1. The molecule has 1 aromatic rings. The van der Waals surface area contributed by atoms with Gasteiger partial charge in [0.15, 0.2) is 0 Å². The van der Waals surface area contributed by atoms with Crippen molar-refractivity contribution in [2.75, 3.05) is 0 Å². The predicted octanol–water partition coefficient (Wildman–Crippen LogP) is 2.38. The van der Waals surface area contributed by atoms with Gasteiger partial charge in [-0.05, 0) is 24.6 Å². The van der Waals surface area contributed by atoms with Gasteiger partial charge in [-0.25, -0.2) is 0 Å². The number of aryl methyl sites for hydroxylation is 1. The molecule has 0 saturated heterocycles. The summed E-state index contributed by atoms with van der Waals surface area (Å²) in [5.74, 6) is 0.177. The number of nitrogens with two attached hydrogens (primary N) is 1. The van der Waals surface area contributed by atoms with E-state index in [4.69, 9.17) is 11.0 Å². The lowest BCUT2D eigenvalue weighted by Crippen LogP contribution is -2.09. The van der Waals surface area contributed by atoms with E-state index >= 15 is 0 Å². The first-order valence-electron chi connectivity index (χ1n) is 4.17. The minimum absolute atomic E-state index is 0.177. The molecule has 4 heteroatoms. The molecule has 0 aromatic heterocycles. The summed E-state index contributed by atoms with van der Waals surface area (Å²) in [5, 5.41) is 18.2. The zero-order chi connectivity index (χ0) is 10.7. The zero-order valence-electron chi connectivity index (χ0n) is 7.79. The highest BCUT2D eigenvalue weighted by molar-refractivity contribution is 9.10. The Hall–Kier alpha value is -1.05. The summed E-state index contributed by atoms with van der Waals surface area (Å²) in [5.41, 5.74) is 7.10. The molecule has 0 aliphatic heterocycles. The minimum atomic E-state index is -0.434. The van der Waals surface area contributed by atoms with E-state index < -0.39 is 6.04 Å². The van der Waals surface area contributed by atoms with Crippen LogP contribution < -0.4 is 5.73 Å². The van der Waals surface area contributed by atoms with Crippen molar-refractivity contribution in [3.8, 4) is 11.8 Å². The normalized spacial score (nSPS) is 12.1. The second kappa shape index (κ2) is 4.45. The highest BCUT2D eigenvalue weighted by Gasteiger charge is 2.13. The second-order valence-electron chi connectivity index (χ2n) is 3.13. The van der Waals surface area contributed by atoms with Gasteiger partial charge in [0, 0.05) is 16.1 Å². The SMILES string of the molecule is Cc1cc(Br)cc([C@@H](N)CC#N)c1O. The lowest BCUT2D eigenvalue weighted by atomic mass is 10.0. The third-order valence-corrected chi connectivity index (χ3v) is 2.46. The molecule has 0 amide bonds. The molecule has 3 nitrogen and oxygen atoms in total. The molecular formula is C10H11BrN2O. The monoisotopic (exact) mass is 254 g/mol. The number of rotatable bonds is 2. The maximum atomic E-state index is 9.71. The second-order valence-corrected chi connectivity index (χ2v) is 4.04. The molecule has 0 spiro atoms. The van der Waals surface area contributed by atoms with E-state index in [9.17, 15) is 5.11 Å². The Labute approximate surface area is 91.3 Å². The summed E-state index contributed by atoms with van der Waals surface area (Å²) in [4.78, 5) is 0. The van der Waals surface area contributed by atoms with Crippen molar-refractivity contribution >= 4 is 15.9 Å². The number of hydrogen-bond acceptors (Lipinski definition) is 3. The molecule has 0 fully saturated rings. The van der Waals surface area contributed by atoms with Crippen LogP contribution in [0.25, 0.3) is 0 Å². The largest absolute Gasteiger partial charge is 0.507 e. The summed E-state index contributed by atoms with van der Waals surface area (Å²) in [6.45, 7) is 1.79. The van der Waals surface area contributed by atoms with Crippen molar-refractivity contribution in [2.24, 2.45) is 5.73 Å². The maximum Gasteiger partial charge on any atom is 0.123 e. The third-order valence-electron chi connectivity index (χ3n) is 2.01. The first-order valence-corrected chi connectivity index (χ1v) is 4.97. The van der Waals surface area contributed by atoms with Crippen LogP contribution in [0, 0.1) is 18.3 Å². The van der Waals surface area contributed by atoms with Crippen LogP contribution in [0.4, 0.5) is 0 Å². The van der Waals surface area contributed by atoms with Gasteiger partial charge in [-0.15, -0.1) is 0 Å². The molecule has 0 bridgehead atoms. The summed E-state index contributed by atoms with van der Waals surface area (Å²) in [7, 11) is 0. The molecule has 1 aromatic carbocycles. The zero-order valence-corrected chi connectivity index (χ0v) is 9.37. The number of phenolic OH excluding ortho intramolecular Hbond substituents is 1. The molecule has 0 aliphatic carbocycles. The van der Waals surface area contributed by atoms with Crippen LogP contribution in [0.2, 0.25) is 0 Å². The number of benzene rings is 1. The Morgan fingerprint density at radius 2 is 2.29 bits per heavy atom. The molecule has 0 heterocycles. The number of nitrogens with zero attached hydrogens (tertiary/aromatic N) is 1. The minimum Gasteiger partial charge on any atom is -0.507 e. The third kappa shape index (κ3) is 2.25. The van der Waals surface area contributed by atoms with Crippen LogP contribution in [0.3, 0.4) is 0 Å². The van der Waals surface area contributed by atoms with Gasteiger partial charge in [0.2, 0.25) is 0 Å². The predicted molar refractivity (Wildman–Crippen MR) is 57.7 cm³/mol. The van der Waals surface area contributed by atoms with Crippen molar-refractivity contribution < 1.29 is 5.11 Å². The average Bonchev–Trinajstić information content (AvgIpc) is 2.11. The van der Waals surface area contributed by atoms with Crippen LogP contribution in [0.15, 0.2) is 16.6 Å². The van der Waals surface area contributed by atoms with Crippen molar-refractivity contribution in [3.05, 3.63) is 27.7 Å². The number of halogens is 1. The Balaban J connectivity index is 3.14. The van der Waals surface area contributed by atoms with E-state index in [1.165, 1.54) is 0 Å². The van der Waals surface area contributed by atoms with E-state index in [0.29, 0.717) is 5.56 Å². The van der Waals surface area contributed by atoms with Crippen molar-refractivity contribution in [1.82, 2.24) is 0 Å². The quantitative estimate of drug-likeness (QED) is 0.852. The Kier molecular flexibility index (Phi) is 3.50. The molecular weight excluding hydrogens is 244 g/mol. The van der Waals surface area contributed by atoms with Gasteiger partial charge in [-0.1, -0.05) is 15.9 Å². The van der Waals surface area contributed by atoms with Crippen LogP contribution in [-0.2, 0) is 0 Å². The van der Waals surface area contributed by atoms with Gasteiger partial charge in [0.05, 0.1) is 12.5 Å². The highest BCUT2D eigenvalue weighted by atomic mass is 79.9. The number of aromatic hydroxyl groups is 1. The molecule has 1 rings (SSSR count). The molecule has 1 atom stereocenters. The van der Waals surface area contributed by atoms with E-state index in [0.717, 1.165) is 10.0 Å². The fourth-order valence-electron chi connectivity index (χ4n) is 1.25. The molecule has 0 radical (unpaired) electrons. The van der Waals surface area contributed by atoms with Gasteiger partial charge in [-0.3, -0.25) is 0 Å². The molecule has 0 aliphatic rings. The first kappa shape index (κ1) is 11.0. The van der Waals surface area contributed by atoms with Gasteiger partial charge in [0.25, 0.3) is 0 Å². The fourth-order valence-corrected chi connectivity index (χ4v) is 1.84.